The smallest absolute Gasteiger partial charge is 0.356 e. The molecule has 10 heteroatoms. The van der Waals surface area contributed by atoms with Crippen molar-refractivity contribution >= 4 is 33.0 Å². The van der Waals surface area contributed by atoms with E-state index in [2.05, 4.69) is 14.8 Å². The average molecular weight is 328 g/mol. The van der Waals surface area contributed by atoms with Gasteiger partial charge in [0.1, 0.15) is 5.69 Å². The SMILES string of the molecule is Cn1ncc(NS(=O)(=O)c2cnc(C3CC3)s2)c1C(=O)O. The highest BCUT2D eigenvalue weighted by Gasteiger charge is 2.29. The van der Waals surface area contributed by atoms with Crippen LogP contribution in [0.3, 0.4) is 0 Å². The van der Waals surface area contributed by atoms with Crippen molar-refractivity contribution in [3.05, 3.63) is 23.1 Å². The number of carboxylic acids is 1. The van der Waals surface area contributed by atoms with Gasteiger partial charge in [-0.3, -0.25) is 9.40 Å². The van der Waals surface area contributed by atoms with Gasteiger partial charge >= 0.3 is 5.97 Å². The summed E-state index contributed by atoms with van der Waals surface area (Å²) in [6.07, 6.45) is 4.54. The van der Waals surface area contributed by atoms with Gasteiger partial charge in [0.05, 0.1) is 17.4 Å². The number of hydrogen-bond donors (Lipinski definition) is 2. The van der Waals surface area contributed by atoms with Crippen LogP contribution in [0.5, 0.6) is 0 Å². The fraction of sp³-hybridized carbons (Fsp3) is 0.364. The summed E-state index contributed by atoms with van der Waals surface area (Å²) in [5, 5.41) is 13.6. The quantitative estimate of drug-likeness (QED) is 0.854. The van der Waals surface area contributed by atoms with Crippen LogP contribution in [0.15, 0.2) is 16.6 Å². The standard InChI is InChI=1S/C11H12N4O4S2/c1-15-9(11(16)17)7(4-13-15)14-21(18,19)8-5-12-10(20-8)6-2-3-6/h4-6,14H,2-3H2,1H3,(H,16,17). The second kappa shape index (κ2) is 4.81. The number of nitrogens with zero attached hydrogens (tertiary/aromatic N) is 3. The molecule has 2 N–H and O–H groups in total. The predicted molar refractivity (Wildman–Crippen MR) is 75.1 cm³/mol. The number of hydrogen-bond acceptors (Lipinski definition) is 6. The van der Waals surface area contributed by atoms with Crippen molar-refractivity contribution in [2.75, 3.05) is 4.72 Å². The van der Waals surface area contributed by atoms with Crippen molar-refractivity contribution in [1.82, 2.24) is 14.8 Å². The largest absolute Gasteiger partial charge is 0.476 e. The minimum absolute atomic E-state index is 0.0635. The maximum atomic E-state index is 12.3. The molecule has 0 aromatic carbocycles. The first-order valence-electron chi connectivity index (χ1n) is 6.12. The molecule has 21 heavy (non-hydrogen) atoms. The van der Waals surface area contributed by atoms with Gasteiger partial charge in [0, 0.05) is 13.0 Å². The Morgan fingerprint density at radius 2 is 2.19 bits per heavy atom. The highest BCUT2D eigenvalue weighted by atomic mass is 32.2. The predicted octanol–water partition coefficient (Wildman–Crippen LogP) is 1.25. The molecule has 2 heterocycles. The fourth-order valence-corrected chi connectivity index (χ4v) is 4.25. The molecule has 2 aromatic heterocycles. The summed E-state index contributed by atoms with van der Waals surface area (Å²) >= 11 is 1.11. The van der Waals surface area contributed by atoms with E-state index in [0.29, 0.717) is 5.92 Å². The Morgan fingerprint density at radius 3 is 2.81 bits per heavy atom. The summed E-state index contributed by atoms with van der Waals surface area (Å²) in [6.45, 7) is 0. The van der Waals surface area contributed by atoms with Gasteiger partial charge in [-0.1, -0.05) is 0 Å². The number of carboxylic acid groups (broad SMARTS) is 1. The molecule has 112 valence electrons. The summed E-state index contributed by atoms with van der Waals surface area (Å²) < 4.78 is 28.0. The van der Waals surface area contributed by atoms with Crippen molar-refractivity contribution in [1.29, 1.82) is 0 Å². The van der Waals surface area contributed by atoms with Crippen LogP contribution in [0.4, 0.5) is 5.69 Å². The highest BCUT2D eigenvalue weighted by Crippen LogP contribution is 2.42. The van der Waals surface area contributed by atoms with Gasteiger partial charge in [-0.2, -0.15) is 5.10 Å². The lowest BCUT2D eigenvalue weighted by molar-refractivity contribution is 0.0686. The van der Waals surface area contributed by atoms with Crippen LogP contribution in [0.1, 0.15) is 34.3 Å². The van der Waals surface area contributed by atoms with Crippen molar-refractivity contribution in [3.63, 3.8) is 0 Å². The van der Waals surface area contributed by atoms with Crippen LogP contribution in [-0.2, 0) is 17.1 Å². The minimum Gasteiger partial charge on any atom is -0.476 e. The first-order valence-corrected chi connectivity index (χ1v) is 8.42. The lowest BCUT2D eigenvalue weighted by Gasteiger charge is -2.05. The molecule has 1 aliphatic rings. The van der Waals surface area contributed by atoms with Gasteiger partial charge in [-0.15, -0.1) is 11.3 Å². The molecule has 1 fully saturated rings. The molecule has 1 aliphatic carbocycles. The number of aromatic carboxylic acids is 1. The third-order valence-corrected chi connectivity index (χ3v) is 6.07. The third kappa shape index (κ3) is 2.63. The van der Waals surface area contributed by atoms with E-state index in [0.717, 1.165) is 33.9 Å². The summed E-state index contributed by atoms with van der Waals surface area (Å²) in [7, 11) is -2.42. The molecule has 0 atom stereocenters. The van der Waals surface area contributed by atoms with E-state index in [1.807, 2.05) is 0 Å². The van der Waals surface area contributed by atoms with Gasteiger partial charge in [-0.05, 0) is 12.8 Å². The van der Waals surface area contributed by atoms with Crippen LogP contribution in [0.25, 0.3) is 0 Å². The van der Waals surface area contributed by atoms with Gasteiger partial charge in [-0.25, -0.2) is 18.2 Å². The topological polar surface area (TPSA) is 114 Å². The zero-order chi connectivity index (χ0) is 15.2. The van der Waals surface area contributed by atoms with Crippen molar-refractivity contribution < 1.29 is 18.3 Å². The minimum atomic E-state index is -3.85. The molecule has 0 unspecified atom stereocenters. The van der Waals surface area contributed by atoms with Crippen LogP contribution in [0, 0.1) is 0 Å². The number of nitrogens with one attached hydrogen (secondary N) is 1. The zero-order valence-electron chi connectivity index (χ0n) is 11.0. The van der Waals surface area contributed by atoms with Crippen LogP contribution in [-0.4, -0.2) is 34.3 Å². The van der Waals surface area contributed by atoms with E-state index in [4.69, 9.17) is 5.11 Å². The van der Waals surface area contributed by atoms with E-state index in [9.17, 15) is 13.2 Å². The van der Waals surface area contributed by atoms with Crippen LogP contribution in [0.2, 0.25) is 0 Å². The lowest BCUT2D eigenvalue weighted by Crippen LogP contribution is -2.15. The number of carbonyl (C=O) groups is 1. The molecule has 3 rings (SSSR count). The molecular weight excluding hydrogens is 316 g/mol. The number of rotatable bonds is 5. The Bertz CT molecular complexity index is 804. The highest BCUT2D eigenvalue weighted by molar-refractivity contribution is 7.94. The monoisotopic (exact) mass is 328 g/mol. The molecule has 8 nitrogen and oxygen atoms in total. The number of aromatic nitrogens is 3. The van der Waals surface area contributed by atoms with E-state index in [1.165, 1.54) is 19.4 Å². The van der Waals surface area contributed by atoms with Gasteiger partial charge in [0.25, 0.3) is 10.0 Å². The van der Waals surface area contributed by atoms with Crippen LogP contribution < -0.4 is 4.72 Å². The lowest BCUT2D eigenvalue weighted by atomic mass is 10.4. The van der Waals surface area contributed by atoms with Gasteiger partial charge in [0.2, 0.25) is 0 Å². The van der Waals surface area contributed by atoms with Gasteiger partial charge < -0.3 is 5.11 Å². The molecule has 0 bridgehead atoms. The zero-order valence-corrected chi connectivity index (χ0v) is 12.6. The van der Waals surface area contributed by atoms with Gasteiger partial charge in [0.15, 0.2) is 9.90 Å². The molecular formula is C11H12N4O4S2. The molecule has 2 aromatic rings. The Hall–Kier alpha value is -1.94. The molecule has 1 saturated carbocycles. The van der Waals surface area contributed by atoms with E-state index < -0.39 is 16.0 Å². The maximum Gasteiger partial charge on any atom is 0.356 e. The summed E-state index contributed by atoms with van der Waals surface area (Å²) in [4.78, 5) is 15.2. The average Bonchev–Trinajstić information content (AvgIpc) is 2.99. The molecule has 0 aliphatic heterocycles. The maximum absolute atomic E-state index is 12.3. The first kappa shape index (κ1) is 14.0. The second-order valence-electron chi connectivity index (χ2n) is 4.73. The third-order valence-electron chi connectivity index (χ3n) is 3.08. The van der Waals surface area contributed by atoms with E-state index in [-0.39, 0.29) is 15.6 Å². The Labute approximate surface area is 124 Å². The van der Waals surface area contributed by atoms with E-state index >= 15 is 0 Å². The van der Waals surface area contributed by atoms with Crippen molar-refractivity contribution in [3.8, 4) is 0 Å². The molecule has 0 saturated heterocycles. The second-order valence-corrected chi connectivity index (χ2v) is 7.70. The summed E-state index contributed by atoms with van der Waals surface area (Å²) in [6, 6.07) is 0. The van der Waals surface area contributed by atoms with Crippen molar-refractivity contribution in [2.24, 2.45) is 7.05 Å². The number of sulfonamides is 1. The summed E-state index contributed by atoms with van der Waals surface area (Å²) in [5.74, 6) is -0.886. The number of thiazole rings is 1. The molecule has 0 amide bonds. The molecule has 0 spiro atoms. The normalized spacial score (nSPS) is 15.1. The van der Waals surface area contributed by atoms with Crippen molar-refractivity contribution in [2.45, 2.75) is 23.0 Å². The van der Waals surface area contributed by atoms with E-state index in [1.54, 1.807) is 0 Å². The Balaban J connectivity index is 1.90. The summed E-state index contributed by atoms with van der Waals surface area (Å²) in [5.41, 5.74) is -0.281. The van der Waals surface area contributed by atoms with Crippen LogP contribution >= 0.6 is 11.3 Å². The Morgan fingerprint density at radius 1 is 1.48 bits per heavy atom. The number of aryl methyl sites for hydroxylation is 1. The Kier molecular flexibility index (Phi) is 3.21. The fourth-order valence-electron chi connectivity index (χ4n) is 1.88. The first-order chi connectivity index (χ1) is 9.88. The molecule has 0 radical (unpaired) electrons. The number of anilines is 1.